The molecule has 0 bridgehead atoms. The van der Waals surface area contributed by atoms with Gasteiger partial charge in [0.05, 0.1) is 23.8 Å². The summed E-state index contributed by atoms with van der Waals surface area (Å²) in [5, 5.41) is 26.1. The van der Waals surface area contributed by atoms with E-state index in [1.54, 1.807) is 12.3 Å². The summed E-state index contributed by atoms with van der Waals surface area (Å²) in [6.45, 7) is 6.63. The largest absolute Gasteiger partial charge is 0.507 e. The molecule has 5 heteroatoms. The van der Waals surface area contributed by atoms with Gasteiger partial charge in [0.1, 0.15) is 11.5 Å². The molecule has 0 unspecified atom stereocenters. The van der Waals surface area contributed by atoms with Crippen LogP contribution in [0.25, 0.3) is 11.3 Å². The van der Waals surface area contributed by atoms with Crippen LogP contribution in [0.5, 0.6) is 11.5 Å². The van der Waals surface area contributed by atoms with E-state index in [0.29, 0.717) is 6.61 Å². The highest BCUT2D eigenvalue weighted by atomic mass is 16.5. The molecule has 2 N–H and O–H groups in total. The van der Waals surface area contributed by atoms with E-state index >= 15 is 0 Å². The van der Waals surface area contributed by atoms with Crippen LogP contribution in [0.1, 0.15) is 52.0 Å². The van der Waals surface area contributed by atoms with Gasteiger partial charge in [0.25, 0.3) is 0 Å². The molecule has 0 aliphatic heterocycles. The molecule has 25 heavy (non-hydrogen) atoms. The van der Waals surface area contributed by atoms with Gasteiger partial charge in [-0.3, -0.25) is 5.10 Å². The molecule has 1 aromatic heterocycles. The third kappa shape index (κ3) is 5.25. The predicted molar refractivity (Wildman–Crippen MR) is 98.4 cm³/mol. The van der Waals surface area contributed by atoms with Gasteiger partial charge in [0.2, 0.25) is 0 Å². The first-order valence-electron chi connectivity index (χ1n) is 8.86. The number of aromatic hydroxyl groups is 1. The van der Waals surface area contributed by atoms with Gasteiger partial charge in [-0.25, -0.2) is 0 Å². The lowest BCUT2D eigenvalue weighted by Crippen LogP contribution is -2.07. The summed E-state index contributed by atoms with van der Waals surface area (Å²) in [4.78, 5) is 0. The summed E-state index contributed by atoms with van der Waals surface area (Å²) in [5.74, 6) is 0.924. The van der Waals surface area contributed by atoms with E-state index in [9.17, 15) is 5.11 Å². The molecule has 0 saturated carbocycles. The number of nitrogens with one attached hydrogen (secondary N) is 1. The van der Waals surface area contributed by atoms with E-state index < -0.39 is 0 Å². The topological polar surface area (TPSA) is 81.9 Å². The van der Waals surface area contributed by atoms with Crippen LogP contribution in [0, 0.1) is 16.7 Å². The minimum atomic E-state index is -0.246. The van der Waals surface area contributed by atoms with E-state index in [1.807, 2.05) is 26.0 Å². The number of aromatic amines is 1. The lowest BCUT2D eigenvalue weighted by molar-refractivity contribution is 0.296. The number of nitrogens with zero attached hydrogens (tertiary/aromatic N) is 2. The van der Waals surface area contributed by atoms with Crippen molar-refractivity contribution in [3.05, 3.63) is 30.0 Å². The summed E-state index contributed by atoms with van der Waals surface area (Å²) >= 11 is 0. The monoisotopic (exact) mass is 341 g/mol. The maximum absolute atomic E-state index is 10.3. The van der Waals surface area contributed by atoms with Gasteiger partial charge in [-0.15, -0.1) is 0 Å². The van der Waals surface area contributed by atoms with Crippen molar-refractivity contribution in [1.82, 2.24) is 10.2 Å². The normalized spacial score (nSPS) is 11.3. The molecule has 1 heterocycles. The zero-order valence-corrected chi connectivity index (χ0v) is 15.3. The minimum Gasteiger partial charge on any atom is -0.507 e. The van der Waals surface area contributed by atoms with Crippen molar-refractivity contribution in [2.75, 3.05) is 6.61 Å². The van der Waals surface area contributed by atoms with Crippen LogP contribution in [0.2, 0.25) is 0 Å². The number of rotatable bonds is 9. The van der Waals surface area contributed by atoms with Crippen molar-refractivity contribution in [1.29, 1.82) is 5.26 Å². The number of phenolic OH excluding ortho intramolecular Hbond substituents is 1. The fourth-order valence-corrected chi connectivity index (χ4v) is 2.73. The first-order chi connectivity index (χ1) is 12.0. The smallest absolute Gasteiger partial charge is 0.128 e. The van der Waals surface area contributed by atoms with Crippen molar-refractivity contribution in [3.8, 4) is 28.8 Å². The summed E-state index contributed by atoms with van der Waals surface area (Å²) < 4.78 is 5.89. The third-order valence-corrected chi connectivity index (χ3v) is 4.36. The molecule has 0 spiro atoms. The number of phenols is 1. The van der Waals surface area contributed by atoms with Crippen LogP contribution in [0.4, 0.5) is 0 Å². The summed E-state index contributed by atoms with van der Waals surface area (Å²) in [7, 11) is 0. The van der Waals surface area contributed by atoms with Gasteiger partial charge in [-0.05, 0) is 50.8 Å². The molecule has 1 aromatic carbocycles. The summed E-state index contributed by atoms with van der Waals surface area (Å²) in [5.41, 5.74) is 2.34. The standard InChI is InChI=1S/C20H27N3O2/c1-4-15-12-16(17-8-10-22-23-17)18(24)13-19(15)25-11-7-5-6-9-20(2,3)14-21/h8,10,12-13,24H,4-7,9,11H2,1-3H3,(H,22,23). The van der Waals surface area contributed by atoms with Crippen molar-refractivity contribution >= 4 is 0 Å². The minimum absolute atomic E-state index is 0.187. The van der Waals surface area contributed by atoms with Gasteiger partial charge >= 0.3 is 0 Å². The molecule has 0 saturated heterocycles. The molecule has 5 nitrogen and oxygen atoms in total. The number of benzene rings is 1. The number of H-pyrrole nitrogens is 1. The van der Waals surface area contributed by atoms with E-state index in [4.69, 9.17) is 10.00 Å². The molecule has 0 amide bonds. The van der Waals surface area contributed by atoms with Crippen molar-refractivity contribution < 1.29 is 9.84 Å². The predicted octanol–water partition coefficient (Wildman–Crippen LogP) is 4.83. The Morgan fingerprint density at radius 2 is 2.08 bits per heavy atom. The van der Waals surface area contributed by atoms with Crippen LogP contribution in [0.15, 0.2) is 24.4 Å². The SMILES string of the molecule is CCc1cc(-c2ccn[nH]2)c(O)cc1OCCCCCC(C)(C)C#N. The zero-order chi connectivity index (χ0) is 18.3. The van der Waals surface area contributed by atoms with Gasteiger partial charge in [0, 0.05) is 17.8 Å². The third-order valence-electron chi connectivity index (χ3n) is 4.36. The fourth-order valence-electron chi connectivity index (χ4n) is 2.73. The van der Waals surface area contributed by atoms with E-state index in [1.165, 1.54) is 0 Å². The lowest BCUT2D eigenvalue weighted by atomic mass is 9.89. The molecular formula is C20H27N3O2. The summed E-state index contributed by atoms with van der Waals surface area (Å²) in [6.07, 6.45) is 6.39. The maximum atomic E-state index is 10.3. The van der Waals surface area contributed by atoms with E-state index in [2.05, 4.69) is 23.2 Å². The van der Waals surface area contributed by atoms with Crippen molar-refractivity contribution in [2.24, 2.45) is 5.41 Å². The lowest BCUT2D eigenvalue weighted by Gasteiger charge is -2.15. The van der Waals surface area contributed by atoms with E-state index in [-0.39, 0.29) is 11.2 Å². The van der Waals surface area contributed by atoms with Gasteiger partial charge in [0.15, 0.2) is 0 Å². The second-order valence-corrected chi connectivity index (χ2v) is 6.96. The first kappa shape index (κ1) is 18.9. The maximum Gasteiger partial charge on any atom is 0.128 e. The number of hydrogen-bond acceptors (Lipinski definition) is 4. The Balaban J connectivity index is 1.90. The number of aryl methyl sites for hydroxylation is 1. The zero-order valence-electron chi connectivity index (χ0n) is 15.3. The Bertz CT molecular complexity index is 715. The molecule has 0 fully saturated rings. The molecule has 134 valence electrons. The molecule has 0 radical (unpaired) electrons. The van der Waals surface area contributed by atoms with E-state index in [0.717, 1.165) is 54.7 Å². The number of aromatic nitrogens is 2. The highest BCUT2D eigenvalue weighted by molar-refractivity contribution is 5.69. The molecule has 0 aliphatic carbocycles. The Hall–Kier alpha value is -2.48. The highest BCUT2D eigenvalue weighted by Crippen LogP contribution is 2.35. The number of unbranched alkanes of at least 4 members (excludes halogenated alkanes) is 2. The molecule has 0 atom stereocenters. The van der Waals surface area contributed by atoms with Crippen molar-refractivity contribution in [2.45, 2.75) is 52.9 Å². The second kappa shape index (κ2) is 8.57. The fraction of sp³-hybridized carbons (Fsp3) is 0.500. The summed E-state index contributed by atoms with van der Waals surface area (Å²) in [6, 6.07) is 7.80. The Labute approximate surface area is 149 Å². The van der Waals surface area contributed by atoms with Crippen LogP contribution in [-0.2, 0) is 6.42 Å². The van der Waals surface area contributed by atoms with Crippen LogP contribution in [0.3, 0.4) is 0 Å². The first-order valence-corrected chi connectivity index (χ1v) is 8.86. The number of hydrogen-bond donors (Lipinski definition) is 2. The quantitative estimate of drug-likeness (QED) is 0.640. The number of ether oxygens (including phenoxy) is 1. The number of nitriles is 1. The van der Waals surface area contributed by atoms with Crippen LogP contribution >= 0.6 is 0 Å². The van der Waals surface area contributed by atoms with Crippen molar-refractivity contribution in [3.63, 3.8) is 0 Å². The Morgan fingerprint density at radius 3 is 2.72 bits per heavy atom. The van der Waals surface area contributed by atoms with Gasteiger partial charge in [-0.1, -0.05) is 19.8 Å². The van der Waals surface area contributed by atoms with Crippen LogP contribution in [-0.4, -0.2) is 21.9 Å². The highest BCUT2D eigenvalue weighted by Gasteiger charge is 2.15. The Morgan fingerprint density at radius 1 is 1.28 bits per heavy atom. The molecule has 0 aliphatic rings. The average molecular weight is 341 g/mol. The van der Waals surface area contributed by atoms with Crippen LogP contribution < -0.4 is 4.74 Å². The van der Waals surface area contributed by atoms with Gasteiger partial charge < -0.3 is 9.84 Å². The molecule has 2 rings (SSSR count). The molecular weight excluding hydrogens is 314 g/mol. The average Bonchev–Trinajstić information content (AvgIpc) is 3.12. The molecule has 2 aromatic rings. The Kier molecular flexibility index (Phi) is 6.46. The van der Waals surface area contributed by atoms with Gasteiger partial charge in [-0.2, -0.15) is 10.4 Å². The second-order valence-electron chi connectivity index (χ2n) is 6.96.